The van der Waals surface area contributed by atoms with Gasteiger partial charge >= 0.3 is 0 Å². The summed E-state index contributed by atoms with van der Waals surface area (Å²) in [5.74, 6) is 0.620. The molecule has 0 saturated heterocycles. The fourth-order valence-electron chi connectivity index (χ4n) is 3.85. The van der Waals surface area contributed by atoms with Gasteiger partial charge in [-0.2, -0.15) is 0 Å². The van der Waals surface area contributed by atoms with E-state index in [4.69, 9.17) is 0 Å². The third kappa shape index (κ3) is 1.31. The number of benzene rings is 1. The Hall–Kier alpha value is -1.37. The van der Waals surface area contributed by atoms with Crippen LogP contribution in [0, 0.1) is 16.7 Å². The largest absolute Gasteiger partial charge is 0.294 e. The van der Waals surface area contributed by atoms with Crippen LogP contribution in [0.2, 0.25) is 0 Å². The maximum absolute atomic E-state index is 12.5. The normalized spacial score (nSPS) is 35.4. The number of fused-ring (bicyclic) bond motifs is 2. The fourth-order valence-corrected chi connectivity index (χ4v) is 3.85. The average molecular weight is 240 g/mol. The number of hydrogen-bond acceptors (Lipinski definition) is 1. The molecule has 0 spiro atoms. The minimum Gasteiger partial charge on any atom is -0.294 e. The van der Waals surface area contributed by atoms with E-state index in [2.05, 4.69) is 39.0 Å². The topological polar surface area (TPSA) is 17.1 Å². The third-order valence-electron chi connectivity index (χ3n) is 5.51. The van der Waals surface area contributed by atoms with Crippen LogP contribution in [0.15, 0.2) is 35.9 Å². The van der Waals surface area contributed by atoms with Gasteiger partial charge in [0.15, 0.2) is 5.78 Å². The van der Waals surface area contributed by atoms with Crippen molar-refractivity contribution in [1.82, 2.24) is 0 Å². The summed E-state index contributed by atoms with van der Waals surface area (Å²) in [6, 6.07) is 10.2. The molecule has 0 radical (unpaired) electrons. The van der Waals surface area contributed by atoms with Crippen LogP contribution in [-0.2, 0) is 4.79 Å². The van der Waals surface area contributed by atoms with E-state index in [1.54, 1.807) is 0 Å². The maximum atomic E-state index is 12.5. The molecule has 0 aromatic heterocycles. The van der Waals surface area contributed by atoms with E-state index in [1.165, 1.54) is 0 Å². The van der Waals surface area contributed by atoms with E-state index in [-0.39, 0.29) is 16.7 Å². The molecular formula is C17H20O. The van der Waals surface area contributed by atoms with Crippen LogP contribution in [0.25, 0.3) is 6.08 Å². The smallest absolute Gasteiger partial charge is 0.163 e. The van der Waals surface area contributed by atoms with Crippen molar-refractivity contribution >= 4 is 11.9 Å². The van der Waals surface area contributed by atoms with Crippen LogP contribution in [0.4, 0.5) is 0 Å². The number of ketones is 1. The lowest BCUT2D eigenvalue weighted by Gasteiger charge is -2.34. The molecular weight excluding hydrogens is 220 g/mol. The van der Waals surface area contributed by atoms with Gasteiger partial charge in [-0.25, -0.2) is 0 Å². The van der Waals surface area contributed by atoms with Crippen LogP contribution >= 0.6 is 0 Å². The van der Waals surface area contributed by atoms with E-state index >= 15 is 0 Å². The number of allylic oxidation sites excluding steroid dienone is 1. The van der Waals surface area contributed by atoms with Gasteiger partial charge in [0.25, 0.3) is 0 Å². The molecule has 94 valence electrons. The van der Waals surface area contributed by atoms with Gasteiger partial charge in [0.1, 0.15) is 0 Å². The predicted molar refractivity (Wildman–Crippen MR) is 74.0 cm³/mol. The molecule has 18 heavy (non-hydrogen) atoms. The van der Waals surface area contributed by atoms with Crippen molar-refractivity contribution in [2.75, 3.05) is 0 Å². The first-order chi connectivity index (χ1) is 8.47. The summed E-state index contributed by atoms with van der Waals surface area (Å²) in [6.45, 7) is 6.79. The molecule has 1 aromatic carbocycles. The zero-order valence-electron chi connectivity index (χ0n) is 11.4. The SMILES string of the molecule is CC12CCC(C(=O)/C1=C\c1ccccc1)C2(C)C. The number of Topliss-reactive ketones (excluding diaryl/α,β-unsaturated/α-hetero) is 1. The summed E-state index contributed by atoms with van der Waals surface area (Å²) in [5, 5.41) is 0. The molecule has 2 saturated carbocycles. The van der Waals surface area contributed by atoms with Gasteiger partial charge in [-0.3, -0.25) is 4.79 Å². The van der Waals surface area contributed by atoms with Gasteiger partial charge in [-0.1, -0.05) is 51.1 Å². The zero-order chi connectivity index (χ0) is 13.0. The van der Waals surface area contributed by atoms with Gasteiger partial charge in [0, 0.05) is 16.9 Å². The Bertz CT molecular complexity index is 524. The van der Waals surface area contributed by atoms with Crippen LogP contribution in [0.1, 0.15) is 39.2 Å². The molecule has 0 heterocycles. The second kappa shape index (κ2) is 3.57. The molecule has 1 aromatic rings. The Labute approximate surface area is 109 Å². The molecule has 1 heteroatoms. The minimum absolute atomic E-state index is 0.0601. The molecule has 0 amide bonds. The van der Waals surface area contributed by atoms with Crippen LogP contribution in [-0.4, -0.2) is 5.78 Å². The van der Waals surface area contributed by atoms with Gasteiger partial charge in [-0.05, 0) is 29.9 Å². The van der Waals surface area contributed by atoms with Crippen molar-refractivity contribution in [3.8, 4) is 0 Å². The molecule has 0 aliphatic heterocycles. The van der Waals surface area contributed by atoms with Crippen LogP contribution in [0.5, 0.6) is 0 Å². The molecule has 1 nitrogen and oxygen atoms in total. The van der Waals surface area contributed by atoms with Crippen LogP contribution < -0.4 is 0 Å². The van der Waals surface area contributed by atoms with Gasteiger partial charge < -0.3 is 0 Å². The highest BCUT2D eigenvalue weighted by Gasteiger charge is 2.63. The van der Waals surface area contributed by atoms with E-state index in [0.717, 1.165) is 24.0 Å². The van der Waals surface area contributed by atoms with E-state index in [1.807, 2.05) is 18.2 Å². The Morgan fingerprint density at radius 1 is 1.17 bits per heavy atom. The Morgan fingerprint density at radius 3 is 2.39 bits per heavy atom. The first-order valence-electron chi connectivity index (χ1n) is 6.78. The molecule has 2 bridgehead atoms. The van der Waals surface area contributed by atoms with Crippen molar-refractivity contribution in [2.24, 2.45) is 16.7 Å². The third-order valence-corrected chi connectivity index (χ3v) is 5.51. The fraction of sp³-hybridized carbons (Fsp3) is 0.471. The highest BCUT2D eigenvalue weighted by molar-refractivity contribution is 6.06. The molecule has 2 unspecified atom stereocenters. The molecule has 0 N–H and O–H groups in total. The summed E-state index contributed by atoms with van der Waals surface area (Å²) < 4.78 is 0. The van der Waals surface area contributed by atoms with E-state index < -0.39 is 0 Å². The number of rotatable bonds is 1. The number of carbonyl (C=O) groups is 1. The monoisotopic (exact) mass is 240 g/mol. The summed E-state index contributed by atoms with van der Waals surface area (Å²) in [4.78, 5) is 12.5. The highest BCUT2D eigenvalue weighted by Crippen LogP contribution is 2.66. The Kier molecular flexibility index (Phi) is 2.32. The lowest BCUT2D eigenvalue weighted by atomic mass is 9.69. The van der Waals surface area contributed by atoms with Crippen LogP contribution in [0.3, 0.4) is 0 Å². The molecule has 2 atom stereocenters. The first-order valence-corrected chi connectivity index (χ1v) is 6.78. The molecule has 2 aliphatic carbocycles. The van der Waals surface area contributed by atoms with E-state index in [0.29, 0.717) is 5.78 Å². The quantitative estimate of drug-likeness (QED) is 0.675. The average Bonchev–Trinajstić information content (AvgIpc) is 2.65. The van der Waals surface area contributed by atoms with Crippen molar-refractivity contribution in [3.05, 3.63) is 41.5 Å². The predicted octanol–water partition coefficient (Wildman–Crippen LogP) is 4.10. The lowest BCUT2D eigenvalue weighted by molar-refractivity contribution is -0.119. The summed E-state index contributed by atoms with van der Waals surface area (Å²) in [7, 11) is 0. The summed E-state index contributed by atoms with van der Waals surface area (Å²) in [5.41, 5.74) is 2.37. The Balaban J connectivity index is 2.10. The number of carbonyl (C=O) groups excluding carboxylic acids is 1. The minimum atomic E-state index is 0.0601. The first kappa shape index (κ1) is 11.7. The van der Waals surface area contributed by atoms with Gasteiger partial charge in [-0.15, -0.1) is 0 Å². The van der Waals surface area contributed by atoms with Crippen molar-refractivity contribution < 1.29 is 4.79 Å². The Morgan fingerprint density at radius 2 is 1.83 bits per heavy atom. The van der Waals surface area contributed by atoms with Crippen molar-refractivity contribution in [3.63, 3.8) is 0 Å². The second-order valence-electron chi connectivity index (χ2n) is 6.48. The standard InChI is InChI=1S/C17H20O/c1-16(2)13-9-10-17(16,3)14(15(13)18)11-12-7-5-4-6-8-12/h4-8,11,13H,9-10H2,1-3H3/b14-11+. The number of hydrogen-bond donors (Lipinski definition) is 0. The molecule has 3 rings (SSSR count). The summed E-state index contributed by atoms with van der Waals surface area (Å²) >= 11 is 0. The molecule has 2 aliphatic rings. The van der Waals surface area contributed by atoms with Gasteiger partial charge in [0.2, 0.25) is 0 Å². The summed E-state index contributed by atoms with van der Waals surface area (Å²) in [6.07, 6.45) is 4.33. The second-order valence-corrected chi connectivity index (χ2v) is 6.48. The highest BCUT2D eigenvalue weighted by atomic mass is 16.1. The maximum Gasteiger partial charge on any atom is 0.163 e. The zero-order valence-corrected chi connectivity index (χ0v) is 11.4. The van der Waals surface area contributed by atoms with Gasteiger partial charge in [0.05, 0.1) is 0 Å². The molecule has 2 fully saturated rings. The van der Waals surface area contributed by atoms with Crippen molar-refractivity contribution in [1.29, 1.82) is 0 Å². The van der Waals surface area contributed by atoms with Crippen molar-refractivity contribution in [2.45, 2.75) is 33.6 Å². The lowest BCUT2D eigenvalue weighted by Crippen LogP contribution is -2.27. The van der Waals surface area contributed by atoms with E-state index in [9.17, 15) is 4.79 Å².